The molecule has 0 heterocycles. The molecule has 0 bridgehead atoms. The molecule has 1 heteroatoms. The summed E-state index contributed by atoms with van der Waals surface area (Å²) in [7, 11) is 0. The Balaban J connectivity index is 2.62. The third-order valence-corrected chi connectivity index (χ3v) is 4.55. The zero-order valence-electron chi connectivity index (χ0n) is 15.8. The van der Waals surface area contributed by atoms with Gasteiger partial charge >= 0.3 is 0 Å². The number of carbonyl (C=O) groups excluding carboxylic acids is 1. The second-order valence-corrected chi connectivity index (χ2v) is 7.69. The third kappa shape index (κ3) is 3.29. The quantitative estimate of drug-likeness (QED) is 0.533. The Morgan fingerprint density at radius 2 is 1.21 bits per heavy atom. The number of terminal acetylenes is 1. The molecule has 0 aliphatic carbocycles. The van der Waals surface area contributed by atoms with Gasteiger partial charge in [0.25, 0.3) is 0 Å². The SMILES string of the molecule is C#Cc1cc(C)c(C(=O)c2c(C)cc(C(C)(C)C)cc2C)c(C)c1. The van der Waals surface area contributed by atoms with E-state index in [1.165, 1.54) is 5.56 Å². The zero-order chi connectivity index (χ0) is 18.2. The standard InChI is InChI=1S/C23H26O/c1-9-18-10-14(2)20(15(3)11-18)22(24)21-16(4)12-19(13-17(21)5)23(6,7)8/h1,10-13H,2-8H3. The Labute approximate surface area is 146 Å². The van der Waals surface area contributed by atoms with E-state index in [2.05, 4.69) is 38.8 Å². The molecule has 0 aliphatic heterocycles. The van der Waals surface area contributed by atoms with Crippen molar-refractivity contribution in [3.8, 4) is 12.3 Å². The van der Waals surface area contributed by atoms with Crippen LogP contribution in [0.25, 0.3) is 0 Å². The molecule has 2 aromatic carbocycles. The van der Waals surface area contributed by atoms with E-state index >= 15 is 0 Å². The van der Waals surface area contributed by atoms with Crippen LogP contribution in [0, 0.1) is 40.0 Å². The maximum atomic E-state index is 13.2. The molecule has 24 heavy (non-hydrogen) atoms. The van der Waals surface area contributed by atoms with Crippen molar-refractivity contribution in [2.24, 2.45) is 0 Å². The molecular weight excluding hydrogens is 292 g/mol. The fourth-order valence-electron chi connectivity index (χ4n) is 3.28. The van der Waals surface area contributed by atoms with Gasteiger partial charge in [-0.05, 0) is 73.1 Å². The third-order valence-electron chi connectivity index (χ3n) is 4.55. The molecule has 2 rings (SSSR count). The largest absolute Gasteiger partial charge is 0.289 e. The summed E-state index contributed by atoms with van der Waals surface area (Å²) in [6.45, 7) is 14.5. The van der Waals surface area contributed by atoms with E-state index in [9.17, 15) is 4.79 Å². The van der Waals surface area contributed by atoms with Crippen LogP contribution < -0.4 is 0 Å². The van der Waals surface area contributed by atoms with Crippen LogP contribution in [0.3, 0.4) is 0 Å². The van der Waals surface area contributed by atoms with Crippen LogP contribution in [0.15, 0.2) is 24.3 Å². The maximum absolute atomic E-state index is 13.2. The van der Waals surface area contributed by atoms with E-state index in [4.69, 9.17) is 6.42 Å². The van der Waals surface area contributed by atoms with Crippen LogP contribution in [0.5, 0.6) is 0 Å². The van der Waals surface area contributed by atoms with Crippen molar-refractivity contribution in [2.45, 2.75) is 53.9 Å². The first-order valence-corrected chi connectivity index (χ1v) is 8.30. The number of ketones is 1. The zero-order valence-corrected chi connectivity index (χ0v) is 15.8. The molecule has 0 amide bonds. The van der Waals surface area contributed by atoms with Crippen molar-refractivity contribution in [1.82, 2.24) is 0 Å². The summed E-state index contributed by atoms with van der Waals surface area (Å²) in [6.07, 6.45) is 5.50. The highest BCUT2D eigenvalue weighted by atomic mass is 16.1. The minimum Gasteiger partial charge on any atom is -0.289 e. The van der Waals surface area contributed by atoms with Gasteiger partial charge < -0.3 is 0 Å². The second kappa shape index (κ2) is 6.29. The molecule has 0 saturated heterocycles. The number of aryl methyl sites for hydroxylation is 4. The Hall–Kier alpha value is -2.33. The number of benzene rings is 2. The normalized spacial score (nSPS) is 11.2. The Morgan fingerprint density at radius 3 is 1.54 bits per heavy atom. The molecule has 0 radical (unpaired) electrons. The lowest BCUT2D eigenvalue weighted by Gasteiger charge is -2.22. The van der Waals surface area contributed by atoms with Crippen molar-refractivity contribution in [3.05, 3.63) is 68.8 Å². The lowest BCUT2D eigenvalue weighted by atomic mass is 9.82. The Bertz CT molecular complexity index is 809. The van der Waals surface area contributed by atoms with E-state index in [1.807, 2.05) is 39.8 Å². The first-order valence-electron chi connectivity index (χ1n) is 8.30. The average Bonchev–Trinajstić information content (AvgIpc) is 2.44. The first-order chi connectivity index (χ1) is 11.1. The van der Waals surface area contributed by atoms with Gasteiger partial charge in [-0.25, -0.2) is 0 Å². The van der Waals surface area contributed by atoms with Crippen LogP contribution in [-0.4, -0.2) is 5.78 Å². The molecule has 0 spiro atoms. The van der Waals surface area contributed by atoms with Crippen LogP contribution >= 0.6 is 0 Å². The van der Waals surface area contributed by atoms with Crippen LogP contribution in [0.2, 0.25) is 0 Å². The molecule has 0 fully saturated rings. The molecule has 0 saturated carbocycles. The molecule has 0 atom stereocenters. The van der Waals surface area contributed by atoms with Crippen molar-refractivity contribution in [1.29, 1.82) is 0 Å². The van der Waals surface area contributed by atoms with Gasteiger partial charge in [-0.2, -0.15) is 0 Å². The fourth-order valence-corrected chi connectivity index (χ4v) is 3.28. The predicted molar refractivity (Wildman–Crippen MR) is 102 cm³/mol. The van der Waals surface area contributed by atoms with Gasteiger partial charge in [-0.1, -0.05) is 38.8 Å². The van der Waals surface area contributed by atoms with E-state index in [-0.39, 0.29) is 11.2 Å². The molecule has 124 valence electrons. The van der Waals surface area contributed by atoms with Gasteiger partial charge in [-0.3, -0.25) is 4.79 Å². The van der Waals surface area contributed by atoms with Crippen molar-refractivity contribution < 1.29 is 4.79 Å². The lowest BCUT2D eigenvalue weighted by molar-refractivity contribution is 0.103. The maximum Gasteiger partial charge on any atom is 0.194 e. The topological polar surface area (TPSA) is 17.1 Å². The number of rotatable bonds is 2. The summed E-state index contributed by atoms with van der Waals surface area (Å²) >= 11 is 0. The van der Waals surface area contributed by atoms with E-state index in [1.54, 1.807) is 0 Å². The summed E-state index contributed by atoms with van der Waals surface area (Å²) in [5.41, 5.74) is 7.65. The molecule has 1 nitrogen and oxygen atoms in total. The van der Waals surface area contributed by atoms with Gasteiger partial charge in [0.1, 0.15) is 0 Å². The molecule has 0 unspecified atom stereocenters. The fraction of sp³-hybridized carbons (Fsp3) is 0.348. The van der Waals surface area contributed by atoms with E-state index < -0.39 is 0 Å². The van der Waals surface area contributed by atoms with E-state index in [0.29, 0.717) is 0 Å². The van der Waals surface area contributed by atoms with Gasteiger partial charge in [0.05, 0.1) is 0 Å². The summed E-state index contributed by atoms with van der Waals surface area (Å²) < 4.78 is 0. The smallest absolute Gasteiger partial charge is 0.194 e. The average molecular weight is 318 g/mol. The van der Waals surface area contributed by atoms with Gasteiger partial charge in [0, 0.05) is 16.7 Å². The number of carbonyl (C=O) groups is 1. The van der Waals surface area contributed by atoms with Crippen LogP contribution in [0.4, 0.5) is 0 Å². The highest BCUT2D eigenvalue weighted by Crippen LogP contribution is 2.29. The van der Waals surface area contributed by atoms with E-state index in [0.717, 1.165) is 38.9 Å². The first kappa shape index (κ1) is 18.0. The molecule has 2 aromatic rings. The predicted octanol–water partition coefficient (Wildman–Crippen LogP) is 5.43. The summed E-state index contributed by atoms with van der Waals surface area (Å²) in [4.78, 5) is 13.2. The Morgan fingerprint density at radius 1 is 0.833 bits per heavy atom. The van der Waals surface area contributed by atoms with Crippen LogP contribution in [-0.2, 0) is 5.41 Å². The number of hydrogen-bond acceptors (Lipinski definition) is 1. The van der Waals surface area contributed by atoms with Gasteiger partial charge in [0.15, 0.2) is 5.78 Å². The van der Waals surface area contributed by atoms with Gasteiger partial charge in [0.2, 0.25) is 0 Å². The van der Waals surface area contributed by atoms with Crippen molar-refractivity contribution >= 4 is 5.78 Å². The highest BCUT2D eigenvalue weighted by molar-refractivity contribution is 6.12. The molecule has 0 aromatic heterocycles. The second-order valence-electron chi connectivity index (χ2n) is 7.69. The molecule has 0 N–H and O–H groups in total. The highest BCUT2D eigenvalue weighted by Gasteiger charge is 2.22. The van der Waals surface area contributed by atoms with Crippen LogP contribution in [0.1, 0.15) is 70.1 Å². The van der Waals surface area contributed by atoms with Crippen molar-refractivity contribution in [3.63, 3.8) is 0 Å². The van der Waals surface area contributed by atoms with Crippen molar-refractivity contribution in [2.75, 3.05) is 0 Å². The minimum atomic E-state index is 0.0668. The monoisotopic (exact) mass is 318 g/mol. The summed E-state index contributed by atoms with van der Waals surface area (Å²) in [5.74, 6) is 2.74. The summed E-state index contributed by atoms with van der Waals surface area (Å²) in [6, 6.07) is 8.10. The Kier molecular flexibility index (Phi) is 4.72. The van der Waals surface area contributed by atoms with Gasteiger partial charge in [-0.15, -0.1) is 6.42 Å². The lowest BCUT2D eigenvalue weighted by Crippen LogP contribution is -2.15. The molecule has 0 aliphatic rings. The number of hydrogen-bond donors (Lipinski definition) is 0. The minimum absolute atomic E-state index is 0.0668. The molecular formula is C23H26O. The summed E-state index contributed by atoms with van der Waals surface area (Å²) in [5, 5.41) is 0.